The Bertz CT molecular complexity index is 730. The summed E-state index contributed by atoms with van der Waals surface area (Å²) in [5.41, 5.74) is -3.93. The van der Waals surface area contributed by atoms with Crippen molar-refractivity contribution in [3.05, 3.63) is 34.4 Å². The van der Waals surface area contributed by atoms with Gasteiger partial charge in [0.25, 0.3) is 0 Å². The number of carbonyl (C=O) groups is 4. The fourth-order valence-corrected chi connectivity index (χ4v) is 1.63. The summed E-state index contributed by atoms with van der Waals surface area (Å²) in [6.45, 7) is 4.62. The maximum Gasteiger partial charge on any atom is 0.374 e. The van der Waals surface area contributed by atoms with Gasteiger partial charge in [-0.2, -0.15) is 20.7 Å². The highest BCUT2D eigenvalue weighted by Crippen LogP contribution is 2.22. The van der Waals surface area contributed by atoms with Gasteiger partial charge in [0.15, 0.2) is 0 Å². The van der Waals surface area contributed by atoms with Crippen LogP contribution in [-0.2, 0) is 24.4 Å². The van der Waals surface area contributed by atoms with Crippen molar-refractivity contribution >= 4 is 23.9 Å². The molecule has 0 atom stereocenters. The maximum atomic E-state index is 12.1. The maximum absolute atomic E-state index is 12.1. The summed E-state index contributed by atoms with van der Waals surface area (Å²) in [5.74, 6) is -5.89. The molecule has 0 amide bonds. The summed E-state index contributed by atoms with van der Waals surface area (Å²) in [6, 6.07) is 1.17. The van der Waals surface area contributed by atoms with E-state index in [0.717, 1.165) is 0 Å². The zero-order valence-electron chi connectivity index (χ0n) is 13.7. The van der Waals surface area contributed by atoms with Crippen molar-refractivity contribution in [1.29, 1.82) is 0 Å². The fraction of sp³-hybridized carbons (Fsp3) is 0.286. The molecule has 1 aromatic carbocycles. The molecule has 0 aliphatic carbocycles. The Morgan fingerprint density at radius 3 is 1.27 bits per heavy atom. The van der Waals surface area contributed by atoms with Crippen molar-refractivity contribution in [2.45, 2.75) is 26.4 Å². The number of benzene rings is 1. The minimum Gasteiger partial charge on any atom is -0.295 e. The molecule has 0 fully saturated rings. The topological polar surface area (TPSA) is 175 Å². The quantitative estimate of drug-likeness (QED) is 0.385. The predicted octanol–water partition coefficient (Wildman–Crippen LogP) is 1.46. The van der Waals surface area contributed by atoms with Crippen LogP contribution in [0.5, 0.6) is 0 Å². The lowest BCUT2D eigenvalue weighted by Gasteiger charge is -2.17. The number of rotatable bonds is 5. The third kappa shape index (κ3) is 4.97. The van der Waals surface area contributed by atoms with Crippen LogP contribution >= 0.6 is 0 Å². The summed E-state index contributed by atoms with van der Waals surface area (Å²) >= 11 is 0. The van der Waals surface area contributed by atoms with Gasteiger partial charge < -0.3 is 0 Å². The van der Waals surface area contributed by atoms with E-state index in [0.29, 0.717) is 12.1 Å². The van der Waals surface area contributed by atoms with Crippen LogP contribution in [0.3, 0.4) is 0 Å². The van der Waals surface area contributed by atoms with E-state index in [4.69, 9.17) is 20.7 Å². The molecule has 26 heavy (non-hydrogen) atoms. The molecule has 142 valence electrons. The average molecular weight is 374 g/mol. The molecule has 1 rings (SSSR count). The van der Waals surface area contributed by atoms with E-state index in [1.807, 2.05) is 0 Å². The first-order chi connectivity index (χ1) is 12.1. The first-order valence-corrected chi connectivity index (χ1v) is 6.71. The van der Waals surface area contributed by atoms with E-state index in [1.54, 1.807) is 0 Å². The van der Waals surface area contributed by atoms with Crippen LogP contribution in [0.2, 0.25) is 0 Å². The molecule has 3 N–H and O–H groups in total. The minimum absolute atomic E-state index is 0.567. The lowest BCUT2D eigenvalue weighted by atomic mass is 9.98. The summed E-state index contributed by atoms with van der Waals surface area (Å²) < 4.78 is 0. The van der Waals surface area contributed by atoms with Gasteiger partial charge >= 0.3 is 23.9 Å². The van der Waals surface area contributed by atoms with Crippen LogP contribution in [-0.4, -0.2) is 45.2 Å². The molecule has 0 aliphatic heterocycles. The second-order valence-electron chi connectivity index (χ2n) is 5.65. The van der Waals surface area contributed by atoms with E-state index in [9.17, 15) is 19.2 Å². The van der Waals surface area contributed by atoms with Gasteiger partial charge in [-0.25, -0.2) is 19.2 Å². The first kappa shape index (κ1) is 21.0. The molecule has 12 nitrogen and oxygen atoms in total. The molecule has 0 spiro atoms. The van der Waals surface area contributed by atoms with Crippen molar-refractivity contribution < 1.29 is 59.4 Å². The van der Waals surface area contributed by atoms with Crippen molar-refractivity contribution in [2.24, 2.45) is 0 Å². The normalized spacial score (nSPS) is 10.7. The molecule has 0 saturated carbocycles. The molecule has 0 heterocycles. The van der Waals surface area contributed by atoms with Crippen molar-refractivity contribution in [2.75, 3.05) is 0 Å². The van der Waals surface area contributed by atoms with Crippen molar-refractivity contribution in [3.8, 4) is 0 Å². The minimum atomic E-state index is -1.54. The lowest BCUT2D eigenvalue weighted by molar-refractivity contribution is -0.301. The third-order valence-corrected chi connectivity index (χ3v) is 2.65. The van der Waals surface area contributed by atoms with Gasteiger partial charge in [0.05, 0.1) is 22.3 Å². The largest absolute Gasteiger partial charge is 0.374 e. The molecule has 0 bridgehead atoms. The van der Waals surface area contributed by atoms with E-state index < -0.39 is 51.7 Å². The van der Waals surface area contributed by atoms with Crippen LogP contribution in [0.15, 0.2) is 12.1 Å². The smallest absolute Gasteiger partial charge is 0.295 e. The highest BCUT2D eigenvalue weighted by Gasteiger charge is 2.30. The number of hydrogen-bond donors (Lipinski definition) is 3. The molecule has 1 aromatic rings. The Kier molecular flexibility index (Phi) is 6.74. The van der Waals surface area contributed by atoms with Crippen LogP contribution < -0.4 is 0 Å². The second kappa shape index (κ2) is 8.35. The number of carbonyl (C=O) groups excluding carboxylic acids is 4. The molecular formula is C14H14O12. The van der Waals surface area contributed by atoms with Crippen LogP contribution in [0.4, 0.5) is 0 Å². The zero-order valence-corrected chi connectivity index (χ0v) is 13.7. The second-order valence-corrected chi connectivity index (χ2v) is 5.65. The van der Waals surface area contributed by atoms with Crippen LogP contribution in [0, 0.1) is 0 Å². The van der Waals surface area contributed by atoms with Crippen LogP contribution in [0.25, 0.3) is 0 Å². The van der Waals surface area contributed by atoms with Crippen molar-refractivity contribution in [1.82, 2.24) is 0 Å². The molecule has 0 radical (unpaired) electrons. The zero-order chi connectivity index (χ0) is 20.1. The number of hydrogen-bond acceptors (Lipinski definition) is 12. The lowest BCUT2D eigenvalue weighted by Crippen LogP contribution is -2.24. The molecule has 0 saturated heterocycles. The first-order valence-electron chi connectivity index (χ1n) is 6.71. The SMILES string of the molecule is CC(C)(C)OOC(=O)c1cc(C(=O)OO)c(C(=O)OO)cc1C(=O)OO. The summed E-state index contributed by atoms with van der Waals surface area (Å²) in [5, 5.41) is 25.5. The van der Waals surface area contributed by atoms with Gasteiger partial charge in [-0.15, -0.1) is 0 Å². The Hall–Kier alpha value is -3.06. The fourth-order valence-electron chi connectivity index (χ4n) is 1.63. The van der Waals surface area contributed by atoms with E-state index >= 15 is 0 Å². The molecule has 12 heteroatoms. The monoisotopic (exact) mass is 374 g/mol. The summed E-state index contributed by atoms with van der Waals surface area (Å²) in [4.78, 5) is 66.6. The van der Waals surface area contributed by atoms with Gasteiger partial charge in [-0.1, -0.05) is 0 Å². The van der Waals surface area contributed by atoms with Gasteiger partial charge in [-0.05, 0) is 32.9 Å². The van der Waals surface area contributed by atoms with E-state index in [2.05, 4.69) is 19.6 Å². The molecular weight excluding hydrogens is 360 g/mol. The average Bonchev–Trinajstić information content (AvgIpc) is 2.62. The van der Waals surface area contributed by atoms with Crippen molar-refractivity contribution in [3.63, 3.8) is 0 Å². The Balaban J connectivity index is 3.55. The highest BCUT2D eigenvalue weighted by atomic mass is 17.2. The van der Waals surface area contributed by atoms with Gasteiger partial charge in [-0.3, -0.25) is 19.6 Å². The van der Waals surface area contributed by atoms with Gasteiger partial charge in [0, 0.05) is 0 Å². The predicted molar refractivity (Wildman–Crippen MR) is 76.8 cm³/mol. The van der Waals surface area contributed by atoms with E-state index in [-0.39, 0.29) is 0 Å². The van der Waals surface area contributed by atoms with Crippen LogP contribution in [0.1, 0.15) is 62.2 Å². The van der Waals surface area contributed by atoms with E-state index in [1.165, 1.54) is 20.8 Å². The summed E-state index contributed by atoms with van der Waals surface area (Å²) in [7, 11) is 0. The third-order valence-electron chi connectivity index (χ3n) is 2.65. The molecule has 0 unspecified atom stereocenters. The Labute approximate surface area is 145 Å². The molecule has 0 aromatic heterocycles. The van der Waals surface area contributed by atoms with Gasteiger partial charge in [0.1, 0.15) is 5.60 Å². The highest BCUT2D eigenvalue weighted by molar-refractivity contribution is 6.10. The Morgan fingerprint density at radius 1 is 0.692 bits per heavy atom. The standard InChI is InChI=1S/C14H14O12/c1-14(2,3)26-25-13(18)9-5-7(11(16)23-20)6(10(15)22-19)4-8(9)12(17)24-21/h4-5,19-21H,1-3H3. The summed E-state index contributed by atoms with van der Waals surface area (Å²) in [6.07, 6.45) is 0. The van der Waals surface area contributed by atoms with Gasteiger partial charge in [0.2, 0.25) is 0 Å². The molecule has 0 aliphatic rings. The Morgan fingerprint density at radius 2 is 1.00 bits per heavy atom.